The highest BCUT2D eigenvalue weighted by Gasteiger charge is 2.18. The smallest absolute Gasteiger partial charge is 0.337 e. The summed E-state index contributed by atoms with van der Waals surface area (Å²) in [4.78, 5) is 11.2. The van der Waals surface area contributed by atoms with Crippen LogP contribution in [0.2, 0.25) is 0 Å². The van der Waals surface area contributed by atoms with Crippen molar-refractivity contribution in [2.45, 2.75) is 11.8 Å². The van der Waals surface area contributed by atoms with Crippen LogP contribution in [0.5, 0.6) is 0 Å². The van der Waals surface area contributed by atoms with E-state index < -0.39 is 16.1 Å². The van der Waals surface area contributed by atoms with Crippen molar-refractivity contribution in [3.8, 4) is 5.69 Å². The van der Waals surface area contributed by atoms with Crippen molar-refractivity contribution in [3.05, 3.63) is 59.8 Å². The number of carboxylic acids is 1. The van der Waals surface area contributed by atoms with Gasteiger partial charge in [-0.25, -0.2) is 9.48 Å². The molecule has 0 atom stereocenters. The Morgan fingerprint density at radius 2 is 1.78 bits per heavy atom. The zero-order valence-electron chi connectivity index (χ0n) is 14.1. The minimum atomic E-state index is -4.31. The number of nitrogens with one attached hydrogen (secondary N) is 1. The molecule has 0 spiro atoms. The maximum Gasteiger partial charge on any atom is 0.337 e. The summed E-state index contributed by atoms with van der Waals surface area (Å²) in [6.45, 7) is 1.69. The number of nitrogens with zero attached hydrogens (tertiary/aromatic N) is 2. The first-order chi connectivity index (χ1) is 12.7. The summed E-state index contributed by atoms with van der Waals surface area (Å²) in [5.74, 6) is -0.766. The van der Waals surface area contributed by atoms with Crippen LogP contribution in [0.3, 0.4) is 0 Å². The summed E-state index contributed by atoms with van der Waals surface area (Å²) in [6.07, 6.45) is 0. The summed E-state index contributed by atoms with van der Waals surface area (Å²) in [5, 5.41) is 16.6. The van der Waals surface area contributed by atoms with E-state index in [1.165, 1.54) is 35.0 Å². The van der Waals surface area contributed by atoms with E-state index in [1.54, 1.807) is 25.1 Å². The Labute approximate surface area is 154 Å². The van der Waals surface area contributed by atoms with Gasteiger partial charge in [0.05, 0.1) is 33.2 Å². The molecule has 9 nitrogen and oxygen atoms in total. The van der Waals surface area contributed by atoms with Gasteiger partial charge in [0.1, 0.15) is 0 Å². The van der Waals surface area contributed by atoms with Crippen molar-refractivity contribution >= 4 is 33.3 Å². The fourth-order valence-electron chi connectivity index (χ4n) is 2.51. The van der Waals surface area contributed by atoms with E-state index in [-0.39, 0.29) is 10.5 Å². The second kappa shape index (κ2) is 6.74. The van der Waals surface area contributed by atoms with E-state index in [2.05, 4.69) is 10.4 Å². The Balaban J connectivity index is 2.08. The number of aromatic carboxylic acids is 1. The van der Waals surface area contributed by atoms with Crippen LogP contribution in [-0.4, -0.2) is 33.8 Å². The highest BCUT2D eigenvalue weighted by atomic mass is 32.2. The van der Waals surface area contributed by atoms with Crippen LogP contribution < -0.4 is 11.1 Å². The van der Waals surface area contributed by atoms with Crippen molar-refractivity contribution in [2.75, 3.05) is 11.1 Å². The molecular weight excluding hydrogens is 372 g/mol. The quantitative estimate of drug-likeness (QED) is 0.487. The molecule has 1 heterocycles. The zero-order valence-corrected chi connectivity index (χ0v) is 14.9. The standard InChI is InChI=1S/C17H16N4O5S/c1-10-15(18)16(19-14-5-3-2-4-13(14)17(22)23)21(20-10)11-6-8-12(9-7-11)27(24,25)26/h2-9,19H,18H2,1H3,(H,22,23)(H,24,25,26). The van der Waals surface area contributed by atoms with Crippen LogP contribution >= 0.6 is 0 Å². The number of hydrogen-bond acceptors (Lipinski definition) is 6. The number of aryl methyl sites for hydroxylation is 1. The summed E-state index contributed by atoms with van der Waals surface area (Å²) in [7, 11) is -4.31. The predicted molar refractivity (Wildman–Crippen MR) is 99.2 cm³/mol. The number of anilines is 3. The SMILES string of the molecule is Cc1nn(-c2ccc(S(=O)(=O)O)cc2)c(Nc2ccccc2C(=O)O)c1N. The summed E-state index contributed by atoms with van der Waals surface area (Å²) in [5.41, 5.74) is 7.76. The van der Waals surface area contributed by atoms with Gasteiger partial charge in [-0.05, 0) is 43.3 Å². The van der Waals surface area contributed by atoms with Crippen LogP contribution in [0.15, 0.2) is 53.4 Å². The number of benzene rings is 2. The molecule has 0 saturated heterocycles. The van der Waals surface area contributed by atoms with Gasteiger partial charge < -0.3 is 16.2 Å². The molecule has 10 heteroatoms. The van der Waals surface area contributed by atoms with Gasteiger partial charge >= 0.3 is 5.97 Å². The lowest BCUT2D eigenvalue weighted by molar-refractivity contribution is 0.0698. The number of carboxylic acid groups (broad SMARTS) is 1. The van der Waals surface area contributed by atoms with Crippen molar-refractivity contribution < 1.29 is 22.9 Å². The topological polar surface area (TPSA) is 148 Å². The summed E-state index contributed by atoms with van der Waals surface area (Å²) in [6, 6.07) is 11.7. The average Bonchev–Trinajstić information content (AvgIpc) is 2.90. The molecule has 0 bridgehead atoms. The van der Waals surface area contributed by atoms with Gasteiger partial charge in [0.15, 0.2) is 5.82 Å². The largest absolute Gasteiger partial charge is 0.478 e. The summed E-state index contributed by atoms with van der Waals surface area (Å²) >= 11 is 0. The molecule has 0 radical (unpaired) electrons. The van der Waals surface area contributed by atoms with Gasteiger partial charge in [0, 0.05) is 0 Å². The van der Waals surface area contributed by atoms with Gasteiger partial charge in [-0.1, -0.05) is 12.1 Å². The van der Waals surface area contributed by atoms with Crippen molar-refractivity contribution in [1.29, 1.82) is 0 Å². The molecule has 3 aromatic rings. The lowest BCUT2D eigenvalue weighted by atomic mass is 10.2. The number of carbonyl (C=O) groups is 1. The van der Waals surface area contributed by atoms with Crippen LogP contribution in [0.25, 0.3) is 5.69 Å². The van der Waals surface area contributed by atoms with Crippen LogP contribution in [-0.2, 0) is 10.1 Å². The fraction of sp³-hybridized carbons (Fsp3) is 0.0588. The Morgan fingerprint density at radius 1 is 1.15 bits per heavy atom. The second-order valence-corrected chi connectivity index (χ2v) is 7.13. The van der Waals surface area contributed by atoms with E-state index in [0.29, 0.717) is 28.6 Å². The van der Waals surface area contributed by atoms with Crippen molar-refractivity contribution in [2.24, 2.45) is 0 Å². The molecule has 0 aliphatic rings. The normalized spacial score (nSPS) is 11.3. The first-order valence-electron chi connectivity index (χ1n) is 7.71. The van der Waals surface area contributed by atoms with Crippen molar-refractivity contribution in [1.82, 2.24) is 9.78 Å². The monoisotopic (exact) mass is 388 g/mol. The van der Waals surface area contributed by atoms with Crippen LogP contribution in [0.4, 0.5) is 17.2 Å². The predicted octanol–water partition coefficient (Wildman–Crippen LogP) is 2.45. The fourth-order valence-corrected chi connectivity index (χ4v) is 2.99. The molecule has 5 N–H and O–H groups in total. The number of nitrogens with two attached hydrogens (primary N) is 1. The average molecular weight is 388 g/mol. The Kier molecular flexibility index (Phi) is 4.60. The third kappa shape index (κ3) is 3.61. The molecule has 1 aromatic heterocycles. The van der Waals surface area contributed by atoms with Gasteiger partial charge in [-0.2, -0.15) is 13.5 Å². The molecule has 0 amide bonds. The molecule has 0 saturated carbocycles. The van der Waals surface area contributed by atoms with Gasteiger partial charge in [0.25, 0.3) is 10.1 Å². The van der Waals surface area contributed by atoms with Gasteiger partial charge in [-0.3, -0.25) is 4.55 Å². The zero-order chi connectivity index (χ0) is 19.8. The van der Waals surface area contributed by atoms with Crippen LogP contribution in [0.1, 0.15) is 16.1 Å². The van der Waals surface area contributed by atoms with Crippen LogP contribution in [0, 0.1) is 6.92 Å². The maximum absolute atomic E-state index is 11.4. The third-order valence-corrected chi connectivity index (χ3v) is 4.76. The van der Waals surface area contributed by atoms with E-state index in [4.69, 9.17) is 10.3 Å². The minimum Gasteiger partial charge on any atom is -0.478 e. The lowest BCUT2D eigenvalue weighted by Crippen LogP contribution is -2.08. The third-order valence-electron chi connectivity index (χ3n) is 3.90. The highest BCUT2D eigenvalue weighted by Crippen LogP contribution is 2.30. The van der Waals surface area contributed by atoms with Gasteiger partial charge in [0.2, 0.25) is 0 Å². The molecule has 0 unspecified atom stereocenters. The molecule has 0 fully saturated rings. The summed E-state index contributed by atoms with van der Waals surface area (Å²) < 4.78 is 32.9. The number of hydrogen-bond donors (Lipinski definition) is 4. The number of aromatic nitrogens is 2. The van der Waals surface area contributed by atoms with Gasteiger partial charge in [-0.15, -0.1) is 0 Å². The van der Waals surface area contributed by atoms with E-state index >= 15 is 0 Å². The molecule has 0 aliphatic heterocycles. The second-order valence-electron chi connectivity index (χ2n) is 5.70. The Morgan fingerprint density at radius 3 is 2.37 bits per heavy atom. The first-order valence-corrected chi connectivity index (χ1v) is 9.15. The van der Waals surface area contributed by atoms with E-state index in [0.717, 1.165) is 0 Å². The molecule has 0 aliphatic carbocycles. The van der Waals surface area contributed by atoms with E-state index in [1.807, 2.05) is 0 Å². The molecular formula is C17H16N4O5S. The first kappa shape index (κ1) is 18.4. The molecule has 27 heavy (non-hydrogen) atoms. The molecule has 140 valence electrons. The molecule has 2 aromatic carbocycles. The Bertz CT molecular complexity index is 1120. The highest BCUT2D eigenvalue weighted by molar-refractivity contribution is 7.85. The lowest BCUT2D eigenvalue weighted by Gasteiger charge is -2.13. The number of rotatable bonds is 5. The van der Waals surface area contributed by atoms with Crippen molar-refractivity contribution in [3.63, 3.8) is 0 Å². The Hall–Kier alpha value is -3.37. The minimum absolute atomic E-state index is 0.0593. The number of nitrogen functional groups attached to an aromatic ring is 1. The van der Waals surface area contributed by atoms with E-state index in [9.17, 15) is 18.3 Å². The molecule has 3 rings (SSSR count). The maximum atomic E-state index is 11.4. The number of para-hydroxylation sites is 1.